The highest BCUT2D eigenvalue weighted by molar-refractivity contribution is 6.19. The maximum absolute atomic E-state index is 5.10. The number of pyridine rings is 5. The van der Waals surface area contributed by atoms with E-state index >= 15 is 0 Å². The summed E-state index contributed by atoms with van der Waals surface area (Å²) in [4.78, 5) is 24.3. The molecule has 0 unspecified atom stereocenters. The molecule has 204 valence electrons. The van der Waals surface area contributed by atoms with Gasteiger partial charge in [-0.3, -0.25) is 15.0 Å². The minimum absolute atomic E-state index is 0.857. The molecule has 5 heterocycles. The van der Waals surface area contributed by atoms with Gasteiger partial charge in [-0.25, -0.2) is 9.97 Å². The fourth-order valence-electron chi connectivity index (χ4n) is 6.35. The molecule has 0 saturated carbocycles. The summed E-state index contributed by atoms with van der Waals surface area (Å²) in [6, 6.07) is 41.8. The van der Waals surface area contributed by atoms with E-state index in [4.69, 9.17) is 19.9 Å². The summed E-state index contributed by atoms with van der Waals surface area (Å²) in [5.41, 5.74) is 10.7. The van der Waals surface area contributed by atoms with Crippen molar-refractivity contribution in [2.24, 2.45) is 0 Å². The number of hydrogen-bond donors (Lipinski definition) is 0. The SMILES string of the molecule is c1ccc(-c2ccc3ccc(-c4ccc(-c5c6ccccc6nc6c5ccc5cccnc56)c5ncccc45)cc3n2)nc1. The normalized spacial score (nSPS) is 11.6. The van der Waals surface area contributed by atoms with Gasteiger partial charge in [0.2, 0.25) is 0 Å². The van der Waals surface area contributed by atoms with E-state index in [9.17, 15) is 0 Å². The largest absolute Gasteiger partial charge is 0.256 e. The Kier molecular flexibility index (Phi) is 5.43. The molecule has 0 bridgehead atoms. The lowest BCUT2D eigenvalue weighted by molar-refractivity contribution is 1.28. The van der Waals surface area contributed by atoms with Crippen molar-refractivity contribution in [3.05, 3.63) is 140 Å². The third-order valence-electron chi connectivity index (χ3n) is 8.39. The van der Waals surface area contributed by atoms with Crippen molar-refractivity contribution in [3.8, 4) is 33.6 Å². The lowest BCUT2D eigenvalue weighted by Gasteiger charge is -2.16. The van der Waals surface area contributed by atoms with E-state index in [1.165, 1.54) is 0 Å². The van der Waals surface area contributed by atoms with Crippen LogP contribution >= 0.6 is 0 Å². The molecule has 5 aromatic heterocycles. The average Bonchev–Trinajstić information content (AvgIpc) is 3.10. The predicted octanol–water partition coefficient (Wildman–Crippen LogP) is 9.43. The van der Waals surface area contributed by atoms with E-state index in [-0.39, 0.29) is 0 Å². The summed E-state index contributed by atoms with van der Waals surface area (Å²) < 4.78 is 0. The van der Waals surface area contributed by atoms with Crippen molar-refractivity contribution >= 4 is 54.5 Å². The number of hydrogen-bond acceptors (Lipinski definition) is 5. The van der Waals surface area contributed by atoms with Crippen LogP contribution in [0.3, 0.4) is 0 Å². The van der Waals surface area contributed by atoms with E-state index in [1.807, 2.05) is 54.9 Å². The van der Waals surface area contributed by atoms with Gasteiger partial charge in [0.15, 0.2) is 0 Å². The molecule has 0 aliphatic carbocycles. The summed E-state index contributed by atoms with van der Waals surface area (Å²) >= 11 is 0. The van der Waals surface area contributed by atoms with Crippen LogP contribution in [0.5, 0.6) is 0 Å². The first-order valence-electron chi connectivity index (χ1n) is 14.6. The molecule has 0 N–H and O–H groups in total. The van der Waals surface area contributed by atoms with E-state index in [0.717, 1.165) is 88.2 Å². The van der Waals surface area contributed by atoms with Crippen LogP contribution in [0.25, 0.3) is 88.2 Å². The third kappa shape index (κ3) is 3.83. The molecule has 0 fully saturated rings. The number of aromatic nitrogens is 5. The van der Waals surface area contributed by atoms with E-state index in [2.05, 4.69) is 83.8 Å². The van der Waals surface area contributed by atoms with Crippen molar-refractivity contribution in [2.45, 2.75) is 0 Å². The van der Waals surface area contributed by atoms with Crippen LogP contribution in [-0.2, 0) is 0 Å². The van der Waals surface area contributed by atoms with Gasteiger partial charge in [0.25, 0.3) is 0 Å². The second-order valence-corrected chi connectivity index (χ2v) is 10.9. The molecule has 0 atom stereocenters. The highest BCUT2D eigenvalue weighted by Gasteiger charge is 2.18. The van der Waals surface area contributed by atoms with Crippen molar-refractivity contribution < 1.29 is 0 Å². The highest BCUT2D eigenvalue weighted by atomic mass is 14.8. The molecule has 0 saturated heterocycles. The van der Waals surface area contributed by atoms with Crippen LogP contribution in [0.2, 0.25) is 0 Å². The minimum Gasteiger partial charge on any atom is -0.256 e. The summed E-state index contributed by atoms with van der Waals surface area (Å²) in [6.45, 7) is 0. The molecular weight excluding hydrogens is 538 g/mol. The predicted molar refractivity (Wildman–Crippen MR) is 179 cm³/mol. The van der Waals surface area contributed by atoms with Crippen molar-refractivity contribution in [3.63, 3.8) is 0 Å². The summed E-state index contributed by atoms with van der Waals surface area (Å²) in [5.74, 6) is 0. The van der Waals surface area contributed by atoms with Crippen LogP contribution in [-0.4, -0.2) is 24.9 Å². The summed E-state index contributed by atoms with van der Waals surface area (Å²) in [7, 11) is 0. The number of rotatable bonds is 3. The van der Waals surface area contributed by atoms with Gasteiger partial charge in [0, 0.05) is 56.6 Å². The number of fused-ring (bicyclic) bond motifs is 6. The topological polar surface area (TPSA) is 64.5 Å². The molecule has 0 amide bonds. The molecule has 5 nitrogen and oxygen atoms in total. The second kappa shape index (κ2) is 9.75. The molecule has 0 spiro atoms. The first kappa shape index (κ1) is 24.5. The summed E-state index contributed by atoms with van der Waals surface area (Å²) in [6.07, 6.45) is 5.51. The lowest BCUT2D eigenvalue weighted by Crippen LogP contribution is -1.94. The fourth-order valence-corrected chi connectivity index (χ4v) is 6.35. The van der Waals surface area contributed by atoms with Gasteiger partial charge in [-0.1, -0.05) is 78.9 Å². The average molecular weight is 562 g/mol. The Labute approximate surface area is 252 Å². The number of para-hydroxylation sites is 1. The van der Waals surface area contributed by atoms with Gasteiger partial charge in [-0.05, 0) is 53.6 Å². The van der Waals surface area contributed by atoms with Gasteiger partial charge in [-0.2, -0.15) is 0 Å². The Morgan fingerprint density at radius 1 is 0.386 bits per heavy atom. The molecule has 9 rings (SSSR count). The zero-order valence-electron chi connectivity index (χ0n) is 23.5. The van der Waals surface area contributed by atoms with Gasteiger partial charge in [0.1, 0.15) is 0 Å². The lowest BCUT2D eigenvalue weighted by atomic mass is 9.90. The first-order chi connectivity index (χ1) is 21.8. The van der Waals surface area contributed by atoms with Gasteiger partial charge >= 0.3 is 0 Å². The van der Waals surface area contributed by atoms with Crippen LogP contribution < -0.4 is 0 Å². The van der Waals surface area contributed by atoms with Crippen LogP contribution in [0.15, 0.2) is 140 Å². The zero-order valence-corrected chi connectivity index (χ0v) is 23.5. The molecule has 4 aromatic carbocycles. The molecule has 9 aromatic rings. The third-order valence-corrected chi connectivity index (χ3v) is 8.39. The number of nitrogens with zero attached hydrogens (tertiary/aromatic N) is 5. The van der Waals surface area contributed by atoms with E-state index in [1.54, 1.807) is 6.20 Å². The fraction of sp³-hybridized carbons (Fsp3) is 0. The summed E-state index contributed by atoms with van der Waals surface area (Å²) in [5, 5.41) is 5.39. The monoisotopic (exact) mass is 561 g/mol. The molecule has 0 aliphatic heterocycles. The van der Waals surface area contributed by atoms with Crippen LogP contribution in [0, 0.1) is 0 Å². The van der Waals surface area contributed by atoms with E-state index < -0.39 is 0 Å². The molecule has 44 heavy (non-hydrogen) atoms. The molecular formula is C39H23N5. The Morgan fingerprint density at radius 2 is 1.16 bits per heavy atom. The first-order valence-corrected chi connectivity index (χ1v) is 14.6. The number of benzene rings is 4. The maximum Gasteiger partial charge on any atom is 0.0978 e. The van der Waals surface area contributed by atoms with Crippen LogP contribution in [0.4, 0.5) is 0 Å². The van der Waals surface area contributed by atoms with Gasteiger partial charge in [-0.15, -0.1) is 0 Å². The van der Waals surface area contributed by atoms with Crippen molar-refractivity contribution in [1.29, 1.82) is 0 Å². The van der Waals surface area contributed by atoms with Crippen molar-refractivity contribution in [2.75, 3.05) is 0 Å². The molecule has 0 aliphatic rings. The quantitative estimate of drug-likeness (QED) is 0.159. The Bertz CT molecular complexity index is 2560. The standard InChI is InChI=1S/C39H23N5/c1-2-10-32-29(8-1)36(31-16-14-25-7-5-21-41-37(25)39(31)44-32)30-18-17-27(28-9-6-22-42-38(28)30)26-13-12-24-15-19-34(43-35(24)23-26)33-11-3-4-20-40-33/h1-23H. The smallest absolute Gasteiger partial charge is 0.0978 e. The second-order valence-electron chi connectivity index (χ2n) is 10.9. The molecule has 0 radical (unpaired) electrons. The minimum atomic E-state index is 0.857. The Balaban J connectivity index is 1.29. The van der Waals surface area contributed by atoms with Gasteiger partial charge in [0.05, 0.1) is 39.0 Å². The zero-order chi connectivity index (χ0) is 29.0. The highest BCUT2D eigenvalue weighted by Crippen LogP contribution is 2.42. The van der Waals surface area contributed by atoms with Crippen molar-refractivity contribution in [1.82, 2.24) is 24.9 Å². The van der Waals surface area contributed by atoms with E-state index in [0.29, 0.717) is 0 Å². The van der Waals surface area contributed by atoms with Crippen LogP contribution in [0.1, 0.15) is 0 Å². The molecule has 5 heteroatoms. The Morgan fingerprint density at radius 3 is 2.09 bits per heavy atom. The maximum atomic E-state index is 5.10. The Hall–Kier alpha value is -6.07. The van der Waals surface area contributed by atoms with Gasteiger partial charge < -0.3 is 0 Å².